The second-order valence-electron chi connectivity index (χ2n) is 6.59. The van der Waals surface area contributed by atoms with Gasteiger partial charge in [0.15, 0.2) is 0 Å². The van der Waals surface area contributed by atoms with E-state index in [1.807, 2.05) is 0 Å². The molecule has 1 fully saturated rings. The van der Waals surface area contributed by atoms with Crippen molar-refractivity contribution in [3.8, 4) is 0 Å². The zero-order valence-corrected chi connectivity index (χ0v) is 15.0. The predicted octanol–water partition coefficient (Wildman–Crippen LogP) is 3.81. The van der Waals surface area contributed by atoms with Gasteiger partial charge in [-0.05, 0) is 42.0 Å². The Labute approximate surface area is 137 Å². The molecular weight excluding hydrogens is 328 g/mol. The number of piperidine rings is 1. The fourth-order valence-corrected chi connectivity index (χ4v) is 3.16. The summed E-state index contributed by atoms with van der Waals surface area (Å²) in [6, 6.07) is 6.62. The first-order chi connectivity index (χ1) is 10.0. The summed E-state index contributed by atoms with van der Waals surface area (Å²) in [5, 5.41) is 3.45. The lowest BCUT2D eigenvalue weighted by Crippen LogP contribution is -2.38. The summed E-state index contributed by atoms with van der Waals surface area (Å²) in [5.41, 5.74) is 3.22. The Bertz CT molecular complexity index is 452. The molecule has 21 heavy (non-hydrogen) atoms. The number of ether oxygens (including phenoxy) is 1. The number of anilines is 1. The van der Waals surface area contributed by atoms with Gasteiger partial charge in [-0.3, -0.25) is 0 Å². The maximum Gasteiger partial charge on any atom is 0.0587 e. The topological polar surface area (TPSA) is 24.5 Å². The smallest absolute Gasteiger partial charge is 0.0587 e. The van der Waals surface area contributed by atoms with Crippen molar-refractivity contribution in [2.45, 2.75) is 33.2 Å². The highest BCUT2D eigenvalue weighted by molar-refractivity contribution is 9.10. The minimum atomic E-state index is 0.489. The molecule has 3 nitrogen and oxygen atoms in total. The Balaban J connectivity index is 2.04. The van der Waals surface area contributed by atoms with Crippen LogP contribution in [0.3, 0.4) is 0 Å². The molecule has 2 rings (SSSR count). The molecule has 0 spiro atoms. The van der Waals surface area contributed by atoms with E-state index in [0.29, 0.717) is 5.41 Å². The first-order valence-corrected chi connectivity index (χ1v) is 8.54. The van der Waals surface area contributed by atoms with Crippen LogP contribution in [0.4, 0.5) is 5.69 Å². The minimum Gasteiger partial charge on any atom is -0.383 e. The molecule has 1 N–H and O–H groups in total. The molecule has 0 atom stereocenters. The average molecular weight is 355 g/mol. The van der Waals surface area contributed by atoms with E-state index >= 15 is 0 Å². The summed E-state index contributed by atoms with van der Waals surface area (Å²) in [6.07, 6.45) is 2.53. The summed E-state index contributed by atoms with van der Waals surface area (Å²) in [7, 11) is 1.74. The third-order valence-corrected chi connectivity index (χ3v) is 4.79. The zero-order valence-electron chi connectivity index (χ0n) is 13.4. The molecule has 1 aliphatic heterocycles. The molecule has 1 saturated heterocycles. The molecule has 0 aromatic heterocycles. The Hall–Kier alpha value is -0.580. The van der Waals surface area contributed by atoms with E-state index < -0.39 is 0 Å². The Morgan fingerprint density at radius 2 is 2.00 bits per heavy atom. The molecule has 0 unspecified atom stereocenters. The minimum absolute atomic E-state index is 0.489. The Kier molecular flexibility index (Phi) is 6.08. The lowest BCUT2D eigenvalue weighted by molar-refractivity contribution is 0.199. The lowest BCUT2D eigenvalue weighted by Gasteiger charge is -2.39. The second-order valence-corrected chi connectivity index (χ2v) is 7.51. The van der Waals surface area contributed by atoms with E-state index in [9.17, 15) is 0 Å². The van der Waals surface area contributed by atoms with Crippen LogP contribution in [0.5, 0.6) is 0 Å². The van der Waals surface area contributed by atoms with E-state index in [-0.39, 0.29) is 0 Å². The van der Waals surface area contributed by atoms with Crippen molar-refractivity contribution < 1.29 is 4.74 Å². The van der Waals surface area contributed by atoms with Gasteiger partial charge >= 0.3 is 0 Å². The predicted molar refractivity (Wildman–Crippen MR) is 93.0 cm³/mol. The van der Waals surface area contributed by atoms with Crippen LogP contribution in [0.25, 0.3) is 0 Å². The zero-order chi connectivity index (χ0) is 15.3. The van der Waals surface area contributed by atoms with Crippen molar-refractivity contribution in [2.24, 2.45) is 5.41 Å². The number of benzene rings is 1. The standard InChI is InChI=1S/C17H27BrN2O/c1-17(2)6-9-20(10-7-17)16-5-4-15(18)12-14(16)13-19-8-11-21-3/h4-5,12,19H,6-11,13H2,1-3H3. The van der Waals surface area contributed by atoms with E-state index in [4.69, 9.17) is 4.74 Å². The quantitative estimate of drug-likeness (QED) is 0.786. The number of hydrogen-bond acceptors (Lipinski definition) is 3. The van der Waals surface area contributed by atoms with Gasteiger partial charge < -0.3 is 15.0 Å². The first-order valence-electron chi connectivity index (χ1n) is 7.75. The summed E-state index contributed by atoms with van der Waals surface area (Å²) < 4.78 is 6.24. The van der Waals surface area contributed by atoms with Crippen LogP contribution in [0.15, 0.2) is 22.7 Å². The third kappa shape index (κ3) is 4.97. The first kappa shape index (κ1) is 16.8. The monoisotopic (exact) mass is 354 g/mol. The van der Waals surface area contributed by atoms with Crippen molar-refractivity contribution in [1.29, 1.82) is 0 Å². The van der Waals surface area contributed by atoms with Gasteiger partial charge in [0, 0.05) is 43.4 Å². The molecule has 0 bridgehead atoms. The van der Waals surface area contributed by atoms with Crippen LogP contribution in [0.2, 0.25) is 0 Å². The Morgan fingerprint density at radius 3 is 2.67 bits per heavy atom. The van der Waals surface area contributed by atoms with E-state index in [1.165, 1.54) is 24.1 Å². The van der Waals surface area contributed by atoms with E-state index in [2.05, 4.69) is 58.2 Å². The number of nitrogens with zero attached hydrogens (tertiary/aromatic N) is 1. The van der Waals surface area contributed by atoms with Gasteiger partial charge in [-0.2, -0.15) is 0 Å². The molecule has 1 heterocycles. The van der Waals surface area contributed by atoms with Gasteiger partial charge in [0.1, 0.15) is 0 Å². The summed E-state index contributed by atoms with van der Waals surface area (Å²) >= 11 is 3.59. The van der Waals surface area contributed by atoms with Gasteiger partial charge in [-0.1, -0.05) is 29.8 Å². The number of methoxy groups -OCH3 is 1. The maximum atomic E-state index is 5.09. The molecule has 0 radical (unpaired) electrons. The number of rotatable bonds is 6. The highest BCUT2D eigenvalue weighted by atomic mass is 79.9. The van der Waals surface area contributed by atoms with Gasteiger partial charge in [0.2, 0.25) is 0 Å². The highest BCUT2D eigenvalue weighted by Gasteiger charge is 2.26. The van der Waals surface area contributed by atoms with Gasteiger partial charge in [0.25, 0.3) is 0 Å². The largest absolute Gasteiger partial charge is 0.383 e. The summed E-state index contributed by atoms with van der Waals surface area (Å²) in [6.45, 7) is 9.58. The Morgan fingerprint density at radius 1 is 1.29 bits per heavy atom. The SMILES string of the molecule is COCCNCc1cc(Br)ccc1N1CCC(C)(C)CC1. The van der Waals surface area contributed by atoms with Gasteiger partial charge in [0.05, 0.1) is 6.61 Å². The van der Waals surface area contributed by atoms with Gasteiger partial charge in [-0.25, -0.2) is 0 Å². The summed E-state index contributed by atoms with van der Waals surface area (Å²) in [4.78, 5) is 2.53. The lowest BCUT2D eigenvalue weighted by atomic mass is 9.82. The van der Waals surface area contributed by atoms with E-state index in [1.54, 1.807) is 7.11 Å². The number of halogens is 1. The van der Waals surface area contributed by atoms with Crippen molar-refractivity contribution in [3.05, 3.63) is 28.2 Å². The van der Waals surface area contributed by atoms with E-state index in [0.717, 1.165) is 37.3 Å². The number of hydrogen-bond donors (Lipinski definition) is 1. The molecule has 0 aliphatic carbocycles. The van der Waals surface area contributed by atoms with Gasteiger partial charge in [-0.15, -0.1) is 0 Å². The maximum absolute atomic E-state index is 5.09. The van der Waals surface area contributed by atoms with Crippen LogP contribution in [-0.2, 0) is 11.3 Å². The molecule has 0 amide bonds. The van der Waals surface area contributed by atoms with Crippen molar-refractivity contribution >= 4 is 21.6 Å². The molecule has 1 aromatic carbocycles. The van der Waals surface area contributed by atoms with Crippen LogP contribution >= 0.6 is 15.9 Å². The van der Waals surface area contributed by atoms with Crippen LogP contribution in [0.1, 0.15) is 32.3 Å². The third-order valence-electron chi connectivity index (χ3n) is 4.30. The average Bonchev–Trinajstić information content (AvgIpc) is 2.44. The number of nitrogens with one attached hydrogen (secondary N) is 1. The normalized spacial score (nSPS) is 18.0. The van der Waals surface area contributed by atoms with Crippen LogP contribution < -0.4 is 10.2 Å². The molecule has 4 heteroatoms. The second kappa shape index (κ2) is 7.61. The fraction of sp³-hybridized carbons (Fsp3) is 0.647. The van der Waals surface area contributed by atoms with Crippen LogP contribution in [0, 0.1) is 5.41 Å². The van der Waals surface area contributed by atoms with Crippen LogP contribution in [-0.4, -0.2) is 33.4 Å². The summed E-state index contributed by atoms with van der Waals surface area (Å²) in [5.74, 6) is 0. The highest BCUT2D eigenvalue weighted by Crippen LogP contribution is 2.34. The molecule has 1 aromatic rings. The van der Waals surface area contributed by atoms with Crippen molar-refractivity contribution in [3.63, 3.8) is 0 Å². The fourth-order valence-electron chi connectivity index (χ4n) is 2.75. The molecule has 0 saturated carbocycles. The van der Waals surface area contributed by atoms with Crippen molar-refractivity contribution in [1.82, 2.24) is 5.32 Å². The molecule has 1 aliphatic rings. The molecule has 118 valence electrons. The van der Waals surface area contributed by atoms with Crippen molar-refractivity contribution in [2.75, 3.05) is 38.3 Å². The molecular formula is C17H27BrN2O.